The van der Waals surface area contributed by atoms with E-state index in [-0.39, 0.29) is 5.41 Å². The zero-order valence-corrected chi connectivity index (χ0v) is 13.9. The minimum Gasteiger partial charge on any atom is -0.381 e. The highest BCUT2D eigenvalue weighted by molar-refractivity contribution is 6.17. The van der Waals surface area contributed by atoms with Gasteiger partial charge in [-0.15, -0.1) is 11.6 Å². The summed E-state index contributed by atoms with van der Waals surface area (Å²) < 4.78 is 0. The lowest BCUT2D eigenvalue weighted by Gasteiger charge is -2.19. The van der Waals surface area contributed by atoms with E-state index in [9.17, 15) is 0 Å². The van der Waals surface area contributed by atoms with Crippen molar-refractivity contribution in [3.05, 3.63) is 65.2 Å². The summed E-state index contributed by atoms with van der Waals surface area (Å²) in [5.41, 5.74) is 5.31. The van der Waals surface area contributed by atoms with Gasteiger partial charge in [0.15, 0.2) is 0 Å². The molecule has 2 aromatic rings. The maximum atomic E-state index is 5.75. The Balaban J connectivity index is 1.93. The number of hydrogen-bond acceptors (Lipinski definition) is 1. The van der Waals surface area contributed by atoms with Gasteiger partial charge in [0.25, 0.3) is 0 Å². The highest BCUT2D eigenvalue weighted by atomic mass is 35.5. The van der Waals surface area contributed by atoms with Gasteiger partial charge >= 0.3 is 0 Å². The van der Waals surface area contributed by atoms with Gasteiger partial charge in [-0.2, -0.15) is 0 Å². The number of aryl methyl sites for hydroxylation is 1. The van der Waals surface area contributed by atoms with Gasteiger partial charge < -0.3 is 5.32 Å². The molecule has 0 saturated carbocycles. The molecule has 0 bridgehead atoms. The van der Waals surface area contributed by atoms with Gasteiger partial charge in [0, 0.05) is 18.1 Å². The molecule has 0 atom stereocenters. The van der Waals surface area contributed by atoms with Crippen molar-refractivity contribution in [3.63, 3.8) is 0 Å². The van der Waals surface area contributed by atoms with E-state index in [0.717, 1.165) is 18.7 Å². The first-order valence-electron chi connectivity index (χ1n) is 7.47. The van der Waals surface area contributed by atoms with Crippen LogP contribution in [0.2, 0.25) is 0 Å². The third-order valence-electron chi connectivity index (χ3n) is 3.65. The van der Waals surface area contributed by atoms with Gasteiger partial charge in [-0.3, -0.25) is 0 Å². The molecule has 0 aliphatic rings. The van der Waals surface area contributed by atoms with E-state index >= 15 is 0 Å². The molecule has 0 fully saturated rings. The van der Waals surface area contributed by atoms with Gasteiger partial charge in [-0.25, -0.2) is 0 Å². The highest BCUT2D eigenvalue weighted by Gasteiger charge is 2.12. The molecule has 0 aliphatic carbocycles. The largest absolute Gasteiger partial charge is 0.381 e. The maximum absolute atomic E-state index is 5.75. The van der Waals surface area contributed by atoms with Crippen molar-refractivity contribution < 1.29 is 0 Å². The minimum absolute atomic E-state index is 0.213. The first-order chi connectivity index (χ1) is 9.99. The monoisotopic (exact) mass is 301 g/mol. The van der Waals surface area contributed by atoms with Gasteiger partial charge in [0.2, 0.25) is 0 Å². The molecule has 0 amide bonds. The van der Waals surface area contributed by atoms with Crippen LogP contribution in [0.25, 0.3) is 0 Å². The highest BCUT2D eigenvalue weighted by Crippen LogP contribution is 2.22. The van der Waals surface area contributed by atoms with E-state index in [1.807, 2.05) is 0 Å². The lowest BCUT2D eigenvalue weighted by atomic mass is 9.87. The Kier molecular flexibility index (Phi) is 5.30. The molecule has 2 heteroatoms. The van der Waals surface area contributed by atoms with Crippen LogP contribution in [0, 0.1) is 0 Å². The molecule has 2 aromatic carbocycles. The Hall–Kier alpha value is -1.47. The number of halogens is 1. The van der Waals surface area contributed by atoms with Gasteiger partial charge in [0.1, 0.15) is 0 Å². The second kappa shape index (κ2) is 7.00. The van der Waals surface area contributed by atoms with Crippen LogP contribution in [0.5, 0.6) is 0 Å². The van der Waals surface area contributed by atoms with Crippen LogP contribution in [0.15, 0.2) is 48.5 Å². The van der Waals surface area contributed by atoms with Crippen LogP contribution in [-0.4, -0.2) is 5.88 Å². The van der Waals surface area contributed by atoms with E-state index in [4.69, 9.17) is 11.6 Å². The van der Waals surface area contributed by atoms with Gasteiger partial charge in [0.05, 0.1) is 0 Å². The van der Waals surface area contributed by atoms with E-state index < -0.39 is 0 Å². The maximum Gasteiger partial charge on any atom is 0.0400 e. The molecule has 1 nitrogen and oxygen atoms in total. The predicted molar refractivity (Wildman–Crippen MR) is 93.3 cm³/mol. The lowest BCUT2D eigenvalue weighted by Crippen LogP contribution is -2.11. The normalized spacial score (nSPS) is 11.4. The summed E-state index contributed by atoms with van der Waals surface area (Å²) in [7, 11) is 0. The number of rotatable bonds is 5. The van der Waals surface area contributed by atoms with Crippen LogP contribution in [0.1, 0.15) is 37.5 Å². The van der Waals surface area contributed by atoms with Crippen LogP contribution >= 0.6 is 11.6 Å². The Labute approximate surface area is 133 Å². The predicted octanol–water partition coefficient (Wildman–Crippen LogP) is 5.38. The number of hydrogen-bond donors (Lipinski definition) is 1. The van der Waals surface area contributed by atoms with E-state index in [2.05, 4.69) is 74.6 Å². The summed E-state index contributed by atoms with van der Waals surface area (Å²) in [5, 5.41) is 3.46. The first-order valence-corrected chi connectivity index (χ1v) is 8.01. The van der Waals surface area contributed by atoms with Crippen molar-refractivity contribution in [2.24, 2.45) is 0 Å². The van der Waals surface area contributed by atoms with Crippen LogP contribution < -0.4 is 5.32 Å². The lowest BCUT2D eigenvalue weighted by molar-refractivity contribution is 0.590. The average Bonchev–Trinajstić information content (AvgIpc) is 2.46. The second-order valence-electron chi connectivity index (χ2n) is 6.44. The molecule has 0 saturated heterocycles. The Bertz CT molecular complexity index is 550. The molecule has 0 unspecified atom stereocenters. The SMILES string of the molecule is CC(C)(C)c1ccc(CNc2ccc(CCCl)cc2)cc1. The van der Waals surface area contributed by atoms with E-state index in [0.29, 0.717) is 5.88 Å². The molecule has 0 aliphatic heterocycles. The fourth-order valence-electron chi connectivity index (χ4n) is 2.23. The fourth-order valence-corrected chi connectivity index (χ4v) is 2.44. The standard InChI is InChI=1S/C19H24ClN/c1-19(2,3)17-8-4-16(5-9-17)14-21-18-10-6-15(7-11-18)12-13-20/h4-11,21H,12-14H2,1-3H3. The third-order valence-corrected chi connectivity index (χ3v) is 3.84. The molecule has 21 heavy (non-hydrogen) atoms. The van der Waals surface area contributed by atoms with Crippen LogP contribution in [-0.2, 0) is 18.4 Å². The zero-order chi connectivity index (χ0) is 15.3. The van der Waals surface area contributed by atoms with Crippen LogP contribution in [0.3, 0.4) is 0 Å². The van der Waals surface area contributed by atoms with Crippen molar-refractivity contribution in [1.82, 2.24) is 0 Å². The Morgan fingerprint density at radius 1 is 0.857 bits per heavy atom. The summed E-state index contributed by atoms with van der Waals surface area (Å²) in [6, 6.07) is 17.4. The van der Waals surface area contributed by atoms with Gasteiger partial charge in [-0.05, 0) is 40.7 Å². The summed E-state index contributed by atoms with van der Waals surface area (Å²) in [5.74, 6) is 0.674. The topological polar surface area (TPSA) is 12.0 Å². The zero-order valence-electron chi connectivity index (χ0n) is 13.1. The van der Waals surface area contributed by atoms with E-state index in [1.54, 1.807) is 0 Å². The average molecular weight is 302 g/mol. The molecule has 0 radical (unpaired) electrons. The smallest absolute Gasteiger partial charge is 0.0400 e. The Morgan fingerprint density at radius 2 is 1.43 bits per heavy atom. The van der Waals surface area contributed by atoms with Crippen molar-refractivity contribution in [2.75, 3.05) is 11.2 Å². The molecular formula is C19H24ClN. The summed E-state index contributed by atoms with van der Waals surface area (Å²) in [6.45, 7) is 7.56. The second-order valence-corrected chi connectivity index (χ2v) is 6.81. The molecule has 112 valence electrons. The van der Waals surface area contributed by atoms with Crippen molar-refractivity contribution in [2.45, 2.75) is 39.2 Å². The quantitative estimate of drug-likeness (QED) is 0.731. The summed E-state index contributed by atoms with van der Waals surface area (Å²) >= 11 is 5.75. The summed E-state index contributed by atoms with van der Waals surface area (Å²) in [6.07, 6.45) is 0.927. The number of alkyl halides is 1. The van der Waals surface area contributed by atoms with E-state index in [1.165, 1.54) is 16.7 Å². The molecular weight excluding hydrogens is 278 g/mol. The molecule has 2 rings (SSSR count). The summed E-state index contributed by atoms with van der Waals surface area (Å²) in [4.78, 5) is 0. The van der Waals surface area contributed by atoms with Crippen molar-refractivity contribution >= 4 is 17.3 Å². The number of anilines is 1. The minimum atomic E-state index is 0.213. The molecule has 0 heterocycles. The first kappa shape index (κ1) is 15.9. The molecule has 0 aromatic heterocycles. The van der Waals surface area contributed by atoms with Crippen molar-refractivity contribution in [1.29, 1.82) is 0 Å². The van der Waals surface area contributed by atoms with Crippen molar-refractivity contribution in [3.8, 4) is 0 Å². The molecule has 1 N–H and O–H groups in total. The number of nitrogens with one attached hydrogen (secondary N) is 1. The molecule has 0 spiro atoms. The van der Waals surface area contributed by atoms with Gasteiger partial charge in [-0.1, -0.05) is 57.2 Å². The third kappa shape index (κ3) is 4.78. The Morgan fingerprint density at radius 3 is 1.95 bits per heavy atom. The van der Waals surface area contributed by atoms with Crippen LogP contribution in [0.4, 0.5) is 5.69 Å². The number of benzene rings is 2. The fraction of sp³-hybridized carbons (Fsp3) is 0.368.